The second-order valence-corrected chi connectivity index (χ2v) is 9.12. The van der Waals surface area contributed by atoms with E-state index in [0.717, 1.165) is 16.7 Å². The van der Waals surface area contributed by atoms with Crippen LogP contribution in [0.25, 0.3) is 11.1 Å². The Morgan fingerprint density at radius 2 is 1.41 bits per heavy atom. The highest BCUT2D eigenvalue weighted by molar-refractivity contribution is 5.85. The fourth-order valence-corrected chi connectivity index (χ4v) is 3.77. The fourth-order valence-electron chi connectivity index (χ4n) is 3.77. The molecule has 0 fully saturated rings. The minimum absolute atomic E-state index is 0.000355. The summed E-state index contributed by atoms with van der Waals surface area (Å²) in [7, 11) is 0. The van der Waals surface area contributed by atoms with Crippen LogP contribution in [0.4, 0.5) is 4.79 Å². The quantitative estimate of drug-likeness (QED) is 0.336. The molecule has 3 aromatic rings. The molecular weight excluding hydrogens is 472 g/mol. The first kappa shape index (κ1) is 27.4. The van der Waals surface area contributed by atoms with Crippen LogP contribution in [-0.2, 0) is 20.9 Å². The number of aliphatic carboxylic acids is 1. The van der Waals surface area contributed by atoms with Crippen LogP contribution in [0.2, 0.25) is 0 Å². The minimum atomic E-state index is -1.75. The molecule has 0 saturated heterocycles. The van der Waals surface area contributed by atoms with Crippen molar-refractivity contribution in [1.82, 2.24) is 10.2 Å². The second-order valence-electron chi connectivity index (χ2n) is 9.12. The number of benzene rings is 3. The van der Waals surface area contributed by atoms with Crippen LogP contribution in [0.1, 0.15) is 31.0 Å². The fraction of sp³-hybridized carbons (Fsp3) is 0.276. The van der Waals surface area contributed by atoms with Gasteiger partial charge >= 0.3 is 18.0 Å². The number of carbonyl (C=O) groups excluding carboxylic acids is 2. The topological polar surface area (TPSA) is 116 Å². The lowest BCUT2D eigenvalue weighted by Gasteiger charge is -2.28. The summed E-state index contributed by atoms with van der Waals surface area (Å²) in [5, 5.41) is 21.7. The molecular formula is C29H32N2O6. The van der Waals surface area contributed by atoms with E-state index >= 15 is 0 Å². The Morgan fingerprint density at radius 1 is 0.838 bits per heavy atom. The summed E-state index contributed by atoms with van der Waals surface area (Å²) in [5.74, 6) is -2.09. The second kappa shape index (κ2) is 13.2. The first-order valence-electron chi connectivity index (χ1n) is 12.1. The van der Waals surface area contributed by atoms with Crippen molar-refractivity contribution in [3.05, 3.63) is 96.1 Å². The van der Waals surface area contributed by atoms with E-state index in [9.17, 15) is 19.5 Å². The van der Waals surface area contributed by atoms with Crippen molar-refractivity contribution in [2.75, 3.05) is 13.1 Å². The SMILES string of the molecule is CC(C)CN(CC(O)C(=O)O)C(=O)N[C@H](C(=O)OCc1ccccc1)c1ccc(-c2ccccc2)cc1. The number of amides is 2. The number of aliphatic hydroxyl groups excluding tert-OH is 1. The van der Waals surface area contributed by atoms with Gasteiger partial charge in [0.25, 0.3) is 0 Å². The van der Waals surface area contributed by atoms with Crippen molar-refractivity contribution < 1.29 is 29.3 Å². The highest BCUT2D eigenvalue weighted by Gasteiger charge is 2.29. The first-order chi connectivity index (χ1) is 17.7. The van der Waals surface area contributed by atoms with Gasteiger partial charge in [-0.05, 0) is 28.2 Å². The number of esters is 1. The van der Waals surface area contributed by atoms with Crippen LogP contribution in [0.5, 0.6) is 0 Å². The lowest BCUT2D eigenvalue weighted by Crippen LogP contribution is -2.49. The van der Waals surface area contributed by atoms with E-state index in [2.05, 4.69) is 5.32 Å². The van der Waals surface area contributed by atoms with Gasteiger partial charge in [0.05, 0.1) is 6.54 Å². The molecule has 0 spiro atoms. The standard InChI is InChI=1S/C29H32N2O6/c1-20(2)17-31(18-25(32)27(33)34)29(36)30-26(28(35)37-19-21-9-5-3-6-10-21)24-15-13-23(14-16-24)22-11-7-4-8-12-22/h3-16,20,25-26,32H,17-19H2,1-2H3,(H,30,36)(H,33,34)/t25?,26-/m0/s1. The van der Waals surface area contributed by atoms with Gasteiger partial charge in [0.2, 0.25) is 0 Å². The third kappa shape index (κ3) is 8.18. The monoisotopic (exact) mass is 504 g/mol. The van der Waals surface area contributed by atoms with Gasteiger partial charge in [-0.2, -0.15) is 0 Å². The molecule has 0 bridgehead atoms. The predicted octanol–water partition coefficient (Wildman–Crippen LogP) is 4.25. The van der Waals surface area contributed by atoms with Crippen molar-refractivity contribution >= 4 is 18.0 Å². The van der Waals surface area contributed by atoms with Gasteiger partial charge in [-0.15, -0.1) is 0 Å². The molecule has 2 amide bonds. The maximum absolute atomic E-state index is 13.2. The van der Waals surface area contributed by atoms with E-state index in [1.807, 2.05) is 86.6 Å². The zero-order chi connectivity index (χ0) is 26.8. The molecule has 0 aliphatic rings. The van der Waals surface area contributed by atoms with Crippen molar-refractivity contribution in [2.45, 2.75) is 32.6 Å². The summed E-state index contributed by atoms with van der Waals surface area (Å²) < 4.78 is 5.52. The maximum atomic E-state index is 13.2. The summed E-state index contributed by atoms with van der Waals surface area (Å²) in [6.45, 7) is 3.53. The molecule has 0 aromatic heterocycles. The van der Waals surface area contributed by atoms with Gasteiger partial charge in [0.15, 0.2) is 12.1 Å². The Hall–Kier alpha value is -4.17. The first-order valence-corrected chi connectivity index (χ1v) is 12.1. The maximum Gasteiger partial charge on any atom is 0.334 e. The van der Waals surface area contributed by atoms with Gasteiger partial charge in [-0.25, -0.2) is 14.4 Å². The molecule has 194 valence electrons. The molecule has 37 heavy (non-hydrogen) atoms. The molecule has 3 aromatic carbocycles. The Bertz CT molecular complexity index is 1170. The highest BCUT2D eigenvalue weighted by atomic mass is 16.5. The zero-order valence-corrected chi connectivity index (χ0v) is 20.9. The minimum Gasteiger partial charge on any atom is -0.479 e. The lowest BCUT2D eigenvalue weighted by atomic mass is 10.0. The van der Waals surface area contributed by atoms with E-state index in [1.165, 1.54) is 4.90 Å². The van der Waals surface area contributed by atoms with Gasteiger partial charge in [-0.1, -0.05) is 98.8 Å². The molecule has 0 aliphatic carbocycles. The molecule has 0 saturated carbocycles. The van der Waals surface area contributed by atoms with Crippen LogP contribution in [-0.4, -0.2) is 52.3 Å². The van der Waals surface area contributed by atoms with Gasteiger partial charge in [0.1, 0.15) is 6.61 Å². The number of carbonyl (C=O) groups is 3. The number of carboxylic acids is 1. The molecule has 0 radical (unpaired) electrons. The number of carboxylic acid groups (broad SMARTS) is 1. The summed E-state index contributed by atoms with van der Waals surface area (Å²) in [4.78, 5) is 38.7. The van der Waals surface area contributed by atoms with E-state index < -0.39 is 36.7 Å². The number of rotatable bonds is 11. The molecule has 1 unspecified atom stereocenters. The summed E-state index contributed by atoms with van der Waals surface area (Å²) in [6.07, 6.45) is -1.75. The van der Waals surface area contributed by atoms with Crippen LogP contribution in [0.3, 0.4) is 0 Å². The Morgan fingerprint density at radius 3 is 1.97 bits per heavy atom. The Labute approximate surface area is 216 Å². The number of hydrogen-bond acceptors (Lipinski definition) is 5. The number of hydrogen-bond donors (Lipinski definition) is 3. The Kier molecular flexibility index (Phi) is 9.80. The number of ether oxygens (including phenoxy) is 1. The van der Waals surface area contributed by atoms with Crippen LogP contribution in [0.15, 0.2) is 84.9 Å². The van der Waals surface area contributed by atoms with Gasteiger partial charge in [0, 0.05) is 6.54 Å². The summed E-state index contributed by atoms with van der Waals surface area (Å²) >= 11 is 0. The molecule has 0 heterocycles. The van der Waals surface area contributed by atoms with Crippen LogP contribution >= 0.6 is 0 Å². The largest absolute Gasteiger partial charge is 0.479 e. The van der Waals surface area contributed by atoms with Gasteiger partial charge in [-0.3, -0.25) is 0 Å². The van der Waals surface area contributed by atoms with E-state index in [0.29, 0.717) is 5.56 Å². The highest BCUT2D eigenvalue weighted by Crippen LogP contribution is 2.23. The van der Waals surface area contributed by atoms with E-state index in [1.54, 1.807) is 12.1 Å². The van der Waals surface area contributed by atoms with Crippen molar-refractivity contribution in [3.63, 3.8) is 0 Å². The van der Waals surface area contributed by atoms with E-state index in [-0.39, 0.29) is 19.1 Å². The molecule has 8 heteroatoms. The zero-order valence-electron chi connectivity index (χ0n) is 20.9. The van der Waals surface area contributed by atoms with Crippen LogP contribution in [0, 0.1) is 5.92 Å². The third-order valence-electron chi connectivity index (χ3n) is 5.63. The number of urea groups is 1. The Balaban J connectivity index is 1.84. The van der Waals surface area contributed by atoms with Crippen molar-refractivity contribution in [2.24, 2.45) is 5.92 Å². The number of nitrogens with zero attached hydrogens (tertiary/aromatic N) is 1. The number of aliphatic hydroxyl groups is 1. The molecule has 0 aliphatic heterocycles. The normalized spacial score (nSPS) is 12.4. The third-order valence-corrected chi connectivity index (χ3v) is 5.63. The molecule has 3 N–H and O–H groups in total. The predicted molar refractivity (Wildman–Crippen MR) is 139 cm³/mol. The van der Waals surface area contributed by atoms with Crippen molar-refractivity contribution in [3.8, 4) is 11.1 Å². The lowest BCUT2D eigenvalue weighted by molar-refractivity contribution is -0.148. The smallest absolute Gasteiger partial charge is 0.334 e. The molecule has 3 rings (SSSR count). The van der Waals surface area contributed by atoms with Crippen LogP contribution < -0.4 is 5.32 Å². The van der Waals surface area contributed by atoms with Gasteiger partial charge < -0.3 is 25.2 Å². The average molecular weight is 505 g/mol. The summed E-state index contributed by atoms with van der Waals surface area (Å²) in [5.41, 5.74) is 3.26. The molecule has 8 nitrogen and oxygen atoms in total. The van der Waals surface area contributed by atoms with E-state index in [4.69, 9.17) is 9.84 Å². The average Bonchev–Trinajstić information content (AvgIpc) is 2.90. The summed E-state index contributed by atoms with van der Waals surface area (Å²) in [6, 6.07) is 24.3. The van der Waals surface area contributed by atoms with Crippen molar-refractivity contribution in [1.29, 1.82) is 0 Å². The molecule has 2 atom stereocenters. The number of nitrogens with one attached hydrogen (secondary N) is 1.